The minimum absolute atomic E-state index is 0.0156. The molecule has 7 nitrogen and oxygen atoms in total. The first-order valence-electron chi connectivity index (χ1n) is 12.7. The molecule has 1 saturated heterocycles. The second-order valence-corrected chi connectivity index (χ2v) is 10.5. The number of hydrogen-bond donors (Lipinski definition) is 3. The van der Waals surface area contributed by atoms with Gasteiger partial charge in [0.25, 0.3) is 0 Å². The monoisotopic (exact) mass is 535 g/mol. The molecule has 0 bridgehead atoms. The number of aliphatic carboxylic acids is 1. The van der Waals surface area contributed by atoms with Crippen molar-refractivity contribution in [2.24, 2.45) is 5.92 Å². The Labute approximate surface area is 227 Å². The summed E-state index contributed by atoms with van der Waals surface area (Å²) in [5, 5.41) is 21.1. The molecule has 8 heteroatoms. The summed E-state index contributed by atoms with van der Waals surface area (Å²) < 4.78 is 13.0. The Balaban J connectivity index is 1.52. The third-order valence-electron chi connectivity index (χ3n) is 6.52. The maximum atomic E-state index is 12.3. The minimum atomic E-state index is -0.916. The molecule has 0 saturated carbocycles. The van der Waals surface area contributed by atoms with Crippen LogP contribution in [0.15, 0.2) is 83.8 Å². The largest absolute Gasteiger partial charge is 0.481 e. The van der Waals surface area contributed by atoms with Gasteiger partial charge in [-0.25, -0.2) is 0 Å². The summed E-state index contributed by atoms with van der Waals surface area (Å²) in [6.45, 7) is 2.11. The molecule has 1 aliphatic heterocycles. The summed E-state index contributed by atoms with van der Waals surface area (Å²) in [4.78, 5) is 24.2. The average Bonchev–Trinajstić information content (AvgIpc) is 2.93. The van der Waals surface area contributed by atoms with Crippen LogP contribution in [0, 0.1) is 5.92 Å². The zero-order chi connectivity index (χ0) is 26.9. The number of ether oxygens (including phenoxy) is 2. The van der Waals surface area contributed by atoms with Crippen LogP contribution in [0.3, 0.4) is 0 Å². The Kier molecular flexibility index (Phi) is 9.95. The van der Waals surface area contributed by atoms with Gasteiger partial charge < -0.3 is 25.0 Å². The molecule has 4 rings (SSSR count). The van der Waals surface area contributed by atoms with E-state index >= 15 is 0 Å². The van der Waals surface area contributed by atoms with Crippen LogP contribution in [-0.2, 0) is 25.7 Å². The van der Waals surface area contributed by atoms with Crippen molar-refractivity contribution < 1.29 is 29.3 Å². The lowest BCUT2D eigenvalue weighted by Crippen LogP contribution is -2.38. The number of thioether (sulfide) groups is 1. The third-order valence-corrected chi connectivity index (χ3v) is 7.62. The smallest absolute Gasteiger partial charge is 0.303 e. The van der Waals surface area contributed by atoms with Crippen molar-refractivity contribution in [1.29, 1.82) is 0 Å². The maximum absolute atomic E-state index is 12.3. The number of carbonyl (C=O) groups excluding carboxylic acids is 1. The first-order valence-corrected chi connectivity index (χ1v) is 13.7. The Morgan fingerprint density at radius 3 is 2.39 bits per heavy atom. The molecule has 1 heterocycles. The number of carbonyl (C=O) groups is 2. The van der Waals surface area contributed by atoms with E-state index in [0.717, 1.165) is 22.4 Å². The molecule has 4 atom stereocenters. The Hall–Kier alpha value is -3.17. The first kappa shape index (κ1) is 27.9. The summed E-state index contributed by atoms with van der Waals surface area (Å²) in [6.07, 6.45) is -0.592. The van der Waals surface area contributed by atoms with Gasteiger partial charge in [0.2, 0.25) is 5.91 Å². The fraction of sp³-hybridized carbons (Fsp3) is 0.333. The highest BCUT2D eigenvalue weighted by molar-refractivity contribution is 7.99. The molecule has 0 aromatic heterocycles. The van der Waals surface area contributed by atoms with E-state index in [2.05, 4.69) is 24.4 Å². The molecule has 0 radical (unpaired) electrons. The van der Waals surface area contributed by atoms with Crippen molar-refractivity contribution in [2.75, 3.05) is 11.1 Å². The maximum Gasteiger partial charge on any atom is 0.303 e. The molecule has 1 amide bonds. The van der Waals surface area contributed by atoms with E-state index in [1.807, 2.05) is 60.7 Å². The molecule has 38 heavy (non-hydrogen) atoms. The average molecular weight is 536 g/mol. The number of carboxylic acids is 1. The molecule has 3 aromatic carbocycles. The second kappa shape index (κ2) is 13.6. The van der Waals surface area contributed by atoms with Crippen LogP contribution < -0.4 is 5.32 Å². The SMILES string of the molecule is CC1C(CSc2ccccc2)OC(c2cccc(NC(=O)CCCC(=O)O)c2)OC1c1ccc(CO)cc1. The molecular formula is C30H33NO6S. The van der Waals surface area contributed by atoms with E-state index < -0.39 is 12.3 Å². The second-order valence-electron chi connectivity index (χ2n) is 9.37. The van der Waals surface area contributed by atoms with Gasteiger partial charge in [0.1, 0.15) is 0 Å². The third kappa shape index (κ3) is 7.68. The summed E-state index contributed by atoms with van der Waals surface area (Å²) >= 11 is 1.74. The molecule has 4 unspecified atom stereocenters. The number of carboxylic acid groups (broad SMARTS) is 1. The predicted molar refractivity (Wildman–Crippen MR) is 147 cm³/mol. The van der Waals surface area contributed by atoms with Crippen LogP contribution in [0.25, 0.3) is 0 Å². The van der Waals surface area contributed by atoms with Crippen molar-refractivity contribution >= 4 is 29.3 Å². The van der Waals surface area contributed by atoms with Gasteiger partial charge >= 0.3 is 5.97 Å². The normalized spacial score (nSPS) is 21.1. The molecule has 200 valence electrons. The Morgan fingerprint density at radius 2 is 1.68 bits per heavy atom. The van der Waals surface area contributed by atoms with Gasteiger partial charge in [-0.15, -0.1) is 11.8 Å². The Bertz CT molecular complexity index is 1200. The first-order chi connectivity index (χ1) is 18.4. The van der Waals surface area contributed by atoms with Gasteiger partial charge in [-0.2, -0.15) is 0 Å². The fourth-order valence-corrected chi connectivity index (χ4v) is 5.48. The highest BCUT2D eigenvalue weighted by Gasteiger charge is 2.38. The number of amides is 1. The van der Waals surface area contributed by atoms with Crippen LogP contribution in [-0.4, -0.2) is 33.9 Å². The number of aliphatic hydroxyl groups excluding tert-OH is 1. The van der Waals surface area contributed by atoms with Gasteiger partial charge in [-0.05, 0) is 41.8 Å². The lowest BCUT2D eigenvalue weighted by atomic mass is 9.91. The number of nitrogens with one attached hydrogen (secondary N) is 1. The van der Waals surface area contributed by atoms with Crippen LogP contribution >= 0.6 is 11.8 Å². The molecule has 3 aromatic rings. The quantitative estimate of drug-likeness (QED) is 0.260. The lowest BCUT2D eigenvalue weighted by molar-refractivity contribution is -0.268. The number of aliphatic hydroxyl groups is 1. The van der Waals surface area contributed by atoms with Gasteiger partial charge in [-0.3, -0.25) is 9.59 Å². The predicted octanol–water partition coefficient (Wildman–Crippen LogP) is 5.96. The van der Waals surface area contributed by atoms with Crippen LogP contribution in [0.4, 0.5) is 5.69 Å². The van der Waals surface area contributed by atoms with Crippen molar-refractivity contribution in [2.45, 2.75) is 56.2 Å². The van der Waals surface area contributed by atoms with Gasteiger partial charge in [0.05, 0.1) is 18.8 Å². The van der Waals surface area contributed by atoms with E-state index in [1.165, 1.54) is 4.90 Å². The van der Waals surface area contributed by atoms with Gasteiger partial charge in [-0.1, -0.05) is 61.5 Å². The molecule has 0 aliphatic carbocycles. The standard InChI is InChI=1S/C30H33NO6S/c1-20-26(19-38-25-9-3-2-4-10-25)36-30(37-29(20)22-15-13-21(18-32)14-16-22)23-7-5-8-24(17-23)31-27(33)11-6-12-28(34)35/h2-5,7-10,13-17,20,26,29-30,32H,6,11-12,18-19H2,1H3,(H,31,33)(H,34,35). The zero-order valence-corrected chi connectivity index (χ0v) is 22.1. The number of benzene rings is 3. The van der Waals surface area contributed by atoms with Crippen molar-refractivity contribution in [3.63, 3.8) is 0 Å². The molecule has 0 spiro atoms. The number of rotatable bonds is 11. The summed E-state index contributed by atoms with van der Waals surface area (Å²) in [7, 11) is 0. The van der Waals surface area contributed by atoms with Crippen LogP contribution in [0.2, 0.25) is 0 Å². The molecule has 1 aliphatic rings. The molecule has 3 N–H and O–H groups in total. The van der Waals surface area contributed by atoms with Gasteiger partial charge in [0.15, 0.2) is 6.29 Å². The van der Waals surface area contributed by atoms with Crippen LogP contribution in [0.5, 0.6) is 0 Å². The van der Waals surface area contributed by atoms with E-state index in [1.54, 1.807) is 17.8 Å². The molecular weight excluding hydrogens is 502 g/mol. The number of anilines is 1. The Morgan fingerprint density at radius 1 is 0.921 bits per heavy atom. The fourth-order valence-electron chi connectivity index (χ4n) is 4.39. The summed E-state index contributed by atoms with van der Waals surface area (Å²) in [5.41, 5.74) is 3.24. The van der Waals surface area contributed by atoms with E-state index in [9.17, 15) is 14.7 Å². The summed E-state index contributed by atoms with van der Waals surface area (Å²) in [6, 6.07) is 25.4. The minimum Gasteiger partial charge on any atom is -0.481 e. The van der Waals surface area contributed by atoms with Gasteiger partial charge in [0, 0.05) is 40.7 Å². The highest BCUT2D eigenvalue weighted by atomic mass is 32.2. The van der Waals surface area contributed by atoms with Crippen molar-refractivity contribution in [3.05, 3.63) is 95.6 Å². The number of hydrogen-bond acceptors (Lipinski definition) is 6. The summed E-state index contributed by atoms with van der Waals surface area (Å²) in [5.74, 6) is -0.335. The van der Waals surface area contributed by atoms with Crippen molar-refractivity contribution in [3.8, 4) is 0 Å². The van der Waals surface area contributed by atoms with E-state index in [0.29, 0.717) is 5.69 Å². The van der Waals surface area contributed by atoms with Crippen molar-refractivity contribution in [1.82, 2.24) is 0 Å². The van der Waals surface area contributed by atoms with E-state index in [-0.39, 0.29) is 49.9 Å². The molecule has 1 fully saturated rings. The highest BCUT2D eigenvalue weighted by Crippen LogP contribution is 2.43. The zero-order valence-electron chi connectivity index (χ0n) is 21.3. The topological polar surface area (TPSA) is 105 Å². The van der Waals surface area contributed by atoms with Crippen LogP contribution in [0.1, 0.15) is 55.3 Å². The lowest BCUT2D eigenvalue weighted by Gasteiger charge is -2.41. The van der Waals surface area contributed by atoms with E-state index in [4.69, 9.17) is 14.6 Å².